The maximum absolute atomic E-state index is 13.1. The zero-order valence-electron chi connectivity index (χ0n) is 11.4. The lowest BCUT2D eigenvalue weighted by Gasteiger charge is -2.17. The maximum Gasteiger partial charge on any atom is 0.240 e. The number of hydrogen-bond donors (Lipinski definition) is 1. The van der Waals surface area contributed by atoms with Crippen LogP contribution in [0.25, 0.3) is 0 Å². The summed E-state index contributed by atoms with van der Waals surface area (Å²) >= 11 is 1.65. The second kappa shape index (κ2) is 6.15. The summed E-state index contributed by atoms with van der Waals surface area (Å²) in [4.78, 5) is 5.33. The third-order valence-electron chi connectivity index (χ3n) is 3.06. The third-order valence-corrected chi connectivity index (χ3v) is 4.00. The minimum absolute atomic E-state index is 0.0298. The Morgan fingerprint density at radius 3 is 2.71 bits per heavy atom. The quantitative estimate of drug-likeness (QED) is 0.784. The van der Waals surface area contributed by atoms with E-state index in [0.717, 1.165) is 10.4 Å². The molecule has 2 heterocycles. The van der Waals surface area contributed by atoms with Gasteiger partial charge >= 0.3 is 0 Å². The molecule has 108 valence electrons. The molecule has 21 heavy (non-hydrogen) atoms. The second-order valence-electron chi connectivity index (χ2n) is 4.62. The van der Waals surface area contributed by atoms with E-state index in [1.54, 1.807) is 30.4 Å². The summed E-state index contributed by atoms with van der Waals surface area (Å²) in [5.74, 6) is 0.911. The monoisotopic (exact) mass is 303 g/mol. The number of rotatable bonds is 5. The Labute approximate surface area is 125 Å². The van der Waals surface area contributed by atoms with E-state index in [1.165, 1.54) is 12.1 Å². The van der Waals surface area contributed by atoms with Crippen molar-refractivity contribution in [2.45, 2.75) is 19.5 Å². The van der Waals surface area contributed by atoms with Crippen LogP contribution in [-0.2, 0) is 6.54 Å². The molecule has 2 aromatic heterocycles. The molecule has 4 nitrogen and oxygen atoms in total. The van der Waals surface area contributed by atoms with Gasteiger partial charge in [-0.3, -0.25) is 5.32 Å². The summed E-state index contributed by atoms with van der Waals surface area (Å²) in [5, 5.41) is 9.17. The maximum atomic E-state index is 13.1. The van der Waals surface area contributed by atoms with Crippen molar-refractivity contribution in [3.63, 3.8) is 0 Å². The smallest absolute Gasteiger partial charge is 0.240 e. The number of nitrogens with zero attached hydrogens (tertiary/aromatic N) is 2. The van der Waals surface area contributed by atoms with Crippen LogP contribution in [0.1, 0.15) is 28.2 Å². The Kier molecular flexibility index (Phi) is 4.08. The van der Waals surface area contributed by atoms with Crippen molar-refractivity contribution in [1.82, 2.24) is 15.5 Å². The van der Waals surface area contributed by atoms with Gasteiger partial charge in [-0.05, 0) is 36.1 Å². The highest BCUT2D eigenvalue weighted by Crippen LogP contribution is 2.26. The van der Waals surface area contributed by atoms with Gasteiger partial charge in [0, 0.05) is 4.88 Å². The van der Waals surface area contributed by atoms with Gasteiger partial charge in [-0.15, -0.1) is 11.3 Å². The van der Waals surface area contributed by atoms with Crippen LogP contribution < -0.4 is 5.32 Å². The van der Waals surface area contributed by atoms with Crippen LogP contribution >= 0.6 is 11.3 Å². The molecule has 0 amide bonds. The van der Waals surface area contributed by atoms with Gasteiger partial charge in [-0.25, -0.2) is 4.39 Å². The van der Waals surface area contributed by atoms with Crippen LogP contribution in [0.3, 0.4) is 0 Å². The molecule has 3 aromatic rings. The largest absolute Gasteiger partial charge is 0.338 e. The molecule has 6 heteroatoms. The second-order valence-corrected chi connectivity index (χ2v) is 5.60. The molecular formula is C15H14FN3OS. The van der Waals surface area contributed by atoms with Crippen molar-refractivity contribution in [2.75, 3.05) is 0 Å². The molecule has 0 radical (unpaired) electrons. The zero-order valence-corrected chi connectivity index (χ0v) is 12.2. The van der Waals surface area contributed by atoms with Crippen LogP contribution in [0, 0.1) is 12.7 Å². The summed E-state index contributed by atoms with van der Waals surface area (Å²) in [6.45, 7) is 2.24. The lowest BCUT2D eigenvalue weighted by atomic mass is 10.1. The highest BCUT2D eigenvalue weighted by Gasteiger charge is 2.16. The van der Waals surface area contributed by atoms with E-state index in [0.29, 0.717) is 18.3 Å². The first-order valence-electron chi connectivity index (χ1n) is 6.54. The van der Waals surface area contributed by atoms with Crippen molar-refractivity contribution in [3.8, 4) is 0 Å². The topological polar surface area (TPSA) is 51.0 Å². The van der Waals surface area contributed by atoms with Gasteiger partial charge in [0.2, 0.25) is 5.89 Å². The number of hydrogen-bond acceptors (Lipinski definition) is 5. The number of halogens is 1. The first-order valence-corrected chi connectivity index (χ1v) is 7.42. The highest BCUT2D eigenvalue weighted by molar-refractivity contribution is 7.10. The molecule has 0 fully saturated rings. The Morgan fingerprint density at radius 1 is 1.29 bits per heavy atom. The van der Waals surface area contributed by atoms with Crippen LogP contribution in [0.15, 0.2) is 46.3 Å². The fourth-order valence-corrected chi connectivity index (χ4v) is 2.92. The standard InChI is InChI=1S/C15H14FN3OS/c1-10-18-14(20-19-10)9-17-15(13-3-2-8-21-13)11-4-6-12(16)7-5-11/h2-8,15,17H,9H2,1H3/t15-/m0/s1. The van der Waals surface area contributed by atoms with E-state index in [9.17, 15) is 4.39 Å². The van der Waals surface area contributed by atoms with Gasteiger partial charge in [0.15, 0.2) is 5.82 Å². The summed E-state index contributed by atoms with van der Waals surface area (Å²) in [6.07, 6.45) is 0. The minimum atomic E-state index is -0.240. The molecule has 3 rings (SSSR count). The predicted molar refractivity (Wildman–Crippen MR) is 78.4 cm³/mol. The molecule has 0 aliphatic heterocycles. The average Bonchev–Trinajstić information content (AvgIpc) is 3.13. The van der Waals surface area contributed by atoms with Crippen molar-refractivity contribution in [3.05, 3.63) is 69.8 Å². The SMILES string of the molecule is Cc1noc(CN[C@@H](c2ccc(F)cc2)c2cccs2)n1. The zero-order chi connectivity index (χ0) is 14.7. The first-order chi connectivity index (χ1) is 10.2. The normalized spacial score (nSPS) is 12.5. The van der Waals surface area contributed by atoms with Crippen molar-refractivity contribution < 1.29 is 8.91 Å². The van der Waals surface area contributed by atoms with Crippen molar-refractivity contribution in [2.24, 2.45) is 0 Å². The molecule has 0 saturated heterocycles. The van der Waals surface area contributed by atoms with Crippen molar-refractivity contribution in [1.29, 1.82) is 0 Å². The Morgan fingerprint density at radius 2 is 2.10 bits per heavy atom. The molecule has 1 atom stereocenters. The van der Waals surface area contributed by atoms with E-state index in [-0.39, 0.29) is 11.9 Å². The predicted octanol–water partition coefficient (Wildman–Crippen LogP) is 3.46. The number of benzene rings is 1. The molecular weight excluding hydrogens is 289 g/mol. The summed E-state index contributed by atoms with van der Waals surface area (Å²) < 4.78 is 18.2. The third kappa shape index (κ3) is 3.34. The minimum Gasteiger partial charge on any atom is -0.338 e. The van der Waals surface area contributed by atoms with E-state index in [2.05, 4.69) is 15.5 Å². The Balaban J connectivity index is 1.81. The number of aryl methyl sites for hydroxylation is 1. The molecule has 0 aliphatic rings. The van der Waals surface area contributed by atoms with Crippen molar-refractivity contribution >= 4 is 11.3 Å². The van der Waals surface area contributed by atoms with Gasteiger partial charge in [-0.1, -0.05) is 23.4 Å². The Hall–Kier alpha value is -2.05. The number of thiophene rings is 1. The lowest BCUT2D eigenvalue weighted by molar-refractivity contribution is 0.360. The molecule has 0 aliphatic carbocycles. The van der Waals surface area contributed by atoms with Gasteiger partial charge < -0.3 is 4.52 Å². The molecule has 0 spiro atoms. The molecule has 1 N–H and O–H groups in total. The van der Waals surface area contributed by atoms with Gasteiger partial charge in [-0.2, -0.15) is 4.98 Å². The summed E-state index contributed by atoms with van der Waals surface area (Å²) in [7, 11) is 0. The van der Waals surface area contributed by atoms with Gasteiger partial charge in [0.1, 0.15) is 5.82 Å². The molecule has 0 bridgehead atoms. The number of nitrogens with one attached hydrogen (secondary N) is 1. The fourth-order valence-electron chi connectivity index (χ4n) is 2.09. The lowest BCUT2D eigenvalue weighted by Crippen LogP contribution is -2.21. The average molecular weight is 303 g/mol. The molecule has 0 saturated carbocycles. The highest BCUT2D eigenvalue weighted by atomic mass is 32.1. The number of aromatic nitrogens is 2. The van der Waals surface area contributed by atoms with Crippen LogP contribution in [-0.4, -0.2) is 10.1 Å². The van der Waals surface area contributed by atoms with Crippen LogP contribution in [0.2, 0.25) is 0 Å². The van der Waals surface area contributed by atoms with E-state index in [1.807, 2.05) is 17.5 Å². The molecule has 1 aromatic carbocycles. The van der Waals surface area contributed by atoms with E-state index < -0.39 is 0 Å². The van der Waals surface area contributed by atoms with E-state index in [4.69, 9.17) is 4.52 Å². The Bertz CT molecular complexity index is 694. The van der Waals surface area contributed by atoms with Gasteiger partial charge in [0.05, 0.1) is 12.6 Å². The van der Waals surface area contributed by atoms with Crippen LogP contribution in [0.4, 0.5) is 4.39 Å². The summed E-state index contributed by atoms with van der Waals surface area (Å²) in [6, 6.07) is 10.5. The van der Waals surface area contributed by atoms with Crippen LogP contribution in [0.5, 0.6) is 0 Å². The fraction of sp³-hybridized carbons (Fsp3) is 0.200. The molecule has 0 unspecified atom stereocenters. The summed E-state index contributed by atoms with van der Waals surface area (Å²) in [5.41, 5.74) is 0.995. The first kappa shape index (κ1) is 13.9. The van der Waals surface area contributed by atoms with E-state index >= 15 is 0 Å². The van der Waals surface area contributed by atoms with Gasteiger partial charge in [0.25, 0.3) is 0 Å².